The molecule has 9 heteroatoms. The number of nitrogens with two attached hydrogens (primary N) is 2. The molecule has 1 saturated heterocycles. The van der Waals surface area contributed by atoms with Gasteiger partial charge in [-0.2, -0.15) is 0 Å². The van der Waals surface area contributed by atoms with Gasteiger partial charge in [-0.3, -0.25) is 0 Å². The number of ether oxygens (including phenoxy) is 1. The van der Waals surface area contributed by atoms with Crippen LogP contribution >= 0.6 is 11.6 Å². The van der Waals surface area contributed by atoms with Crippen LogP contribution in [-0.2, 0) is 13.0 Å². The summed E-state index contributed by atoms with van der Waals surface area (Å²) in [5.74, 6) is 1.84. The first-order chi connectivity index (χ1) is 16.9. The lowest BCUT2D eigenvalue weighted by Gasteiger charge is -2.42. The molecule has 1 aliphatic carbocycles. The number of hydrogen-bond acceptors (Lipinski definition) is 8. The number of benzene rings is 1. The molecule has 1 aromatic carbocycles. The molecular formula is C26H29ClN6O2. The topological polar surface area (TPSA) is 123 Å². The molecule has 1 fully saturated rings. The Balaban J connectivity index is 1.31. The van der Waals surface area contributed by atoms with Crippen LogP contribution in [0.25, 0.3) is 12.2 Å². The third kappa shape index (κ3) is 4.33. The fraction of sp³-hybridized carbons (Fsp3) is 0.346. The Hall–Kier alpha value is -3.20. The van der Waals surface area contributed by atoms with Crippen LogP contribution in [0.2, 0.25) is 5.02 Å². The summed E-state index contributed by atoms with van der Waals surface area (Å²) in [5.41, 5.74) is 17.0. The fourth-order valence-corrected chi connectivity index (χ4v) is 5.46. The minimum absolute atomic E-state index is 0.0142. The molecule has 1 unspecified atom stereocenters. The van der Waals surface area contributed by atoms with Gasteiger partial charge in [0.05, 0.1) is 30.6 Å². The highest BCUT2D eigenvalue weighted by molar-refractivity contribution is 6.34. The van der Waals surface area contributed by atoms with Crippen molar-refractivity contribution in [2.24, 2.45) is 11.1 Å². The number of piperidine rings is 1. The SMILES string of the molecule is COc1ccc2c(c1)C(N)C1(CCN(c3ncc(C=Cc4ccnc(N)c4Cl)nc3CO)CC1)C2. The van der Waals surface area contributed by atoms with Crippen LogP contribution < -0.4 is 21.1 Å². The Bertz CT molecular complexity index is 1270. The van der Waals surface area contributed by atoms with E-state index in [2.05, 4.69) is 32.0 Å². The predicted molar refractivity (Wildman–Crippen MR) is 138 cm³/mol. The van der Waals surface area contributed by atoms with Gasteiger partial charge < -0.3 is 26.2 Å². The molecule has 1 atom stereocenters. The van der Waals surface area contributed by atoms with E-state index in [-0.39, 0.29) is 23.9 Å². The Labute approximate surface area is 209 Å². The second kappa shape index (κ2) is 9.45. The highest BCUT2D eigenvalue weighted by Crippen LogP contribution is 2.51. The molecule has 5 N–H and O–H groups in total. The second-order valence-corrected chi connectivity index (χ2v) is 9.60. The monoisotopic (exact) mass is 492 g/mol. The fourth-order valence-electron chi connectivity index (χ4n) is 5.29. The van der Waals surface area contributed by atoms with Crippen LogP contribution in [0.5, 0.6) is 5.75 Å². The molecule has 0 saturated carbocycles. The molecule has 0 amide bonds. The third-order valence-corrected chi connectivity index (χ3v) is 7.73. The zero-order valence-electron chi connectivity index (χ0n) is 19.6. The molecule has 182 valence electrons. The van der Waals surface area contributed by atoms with Crippen molar-refractivity contribution in [3.8, 4) is 5.75 Å². The number of methoxy groups -OCH3 is 1. The predicted octanol–water partition coefficient (Wildman–Crippen LogP) is 3.62. The number of pyridine rings is 1. The van der Waals surface area contributed by atoms with Crippen LogP contribution in [0.1, 0.15) is 47.0 Å². The molecule has 8 nitrogen and oxygen atoms in total. The summed E-state index contributed by atoms with van der Waals surface area (Å²) in [5, 5.41) is 10.4. The second-order valence-electron chi connectivity index (χ2n) is 9.22. The summed E-state index contributed by atoms with van der Waals surface area (Å²) >= 11 is 6.21. The van der Waals surface area contributed by atoms with Gasteiger partial charge >= 0.3 is 0 Å². The van der Waals surface area contributed by atoms with Crippen LogP contribution in [-0.4, -0.2) is 40.3 Å². The van der Waals surface area contributed by atoms with E-state index in [1.807, 2.05) is 12.1 Å². The van der Waals surface area contributed by atoms with E-state index in [9.17, 15) is 5.11 Å². The number of aromatic nitrogens is 3. The first kappa shape index (κ1) is 23.5. The number of fused-ring (bicyclic) bond motifs is 1. The van der Waals surface area contributed by atoms with Gasteiger partial charge in [-0.05, 0) is 65.6 Å². The molecule has 1 spiro atoms. The minimum atomic E-state index is -0.195. The molecule has 3 heterocycles. The van der Waals surface area contributed by atoms with E-state index in [4.69, 9.17) is 27.8 Å². The molecule has 3 aromatic rings. The van der Waals surface area contributed by atoms with E-state index in [0.29, 0.717) is 16.4 Å². The van der Waals surface area contributed by atoms with Crippen molar-refractivity contribution in [3.05, 3.63) is 69.8 Å². The highest BCUT2D eigenvalue weighted by atomic mass is 35.5. The largest absolute Gasteiger partial charge is 0.497 e. The Kier molecular flexibility index (Phi) is 6.35. The van der Waals surface area contributed by atoms with E-state index < -0.39 is 0 Å². The summed E-state index contributed by atoms with van der Waals surface area (Å²) in [6, 6.07) is 7.99. The summed E-state index contributed by atoms with van der Waals surface area (Å²) < 4.78 is 5.40. The minimum Gasteiger partial charge on any atom is -0.497 e. The van der Waals surface area contributed by atoms with Crippen molar-refractivity contribution in [3.63, 3.8) is 0 Å². The van der Waals surface area contributed by atoms with Gasteiger partial charge in [-0.25, -0.2) is 15.0 Å². The number of rotatable bonds is 5. The Morgan fingerprint density at radius 3 is 2.77 bits per heavy atom. The number of halogens is 1. The maximum absolute atomic E-state index is 10.0. The maximum Gasteiger partial charge on any atom is 0.152 e. The highest BCUT2D eigenvalue weighted by Gasteiger charge is 2.46. The van der Waals surface area contributed by atoms with Crippen LogP contribution in [0, 0.1) is 5.41 Å². The van der Waals surface area contributed by atoms with Gasteiger partial charge in [0.25, 0.3) is 0 Å². The quantitative estimate of drug-likeness (QED) is 0.493. The summed E-state index contributed by atoms with van der Waals surface area (Å²) in [6.45, 7) is 1.42. The van der Waals surface area contributed by atoms with Gasteiger partial charge in [0.15, 0.2) is 5.82 Å². The number of aliphatic hydroxyl groups is 1. The molecule has 0 radical (unpaired) electrons. The lowest BCUT2D eigenvalue weighted by molar-refractivity contribution is 0.186. The average Bonchev–Trinajstić information content (AvgIpc) is 3.15. The van der Waals surface area contributed by atoms with E-state index in [1.165, 1.54) is 11.1 Å². The van der Waals surface area contributed by atoms with Crippen LogP contribution in [0.3, 0.4) is 0 Å². The molecular weight excluding hydrogens is 464 g/mol. The number of anilines is 2. The molecule has 1 aliphatic heterocycles. The maximum atomic E-state index is 10.0. The van der Waals surface area contributed by atoms with Crippen molar-refractivity contribution in [2.45, 2.75) is 31.9 Å². The number of aliphatic hydroxyl groups excluding tert-OH is 1. The van der Waals surface area contributed by atoms with Crippen molar-refractivity contribution in [2.75, 3.05) is 30.8 Å². The molecule has 2 aromatic heterocycles. The Morgan fingerprint density at radius 2 is 2.03 bits per heavy atom. The van der Waals surface area contributed by atoms with E-state index in [1.54, 1.807) is 31.6 Å². The number of nitrogens with zero attached hydrogens (tertiary/aromatic N) is 4. The van der Waals surface area contributed by atoms with Gasteiger partial charge in [0.1, 0.15) is 17.3 Å². The zero-order chi connectivity index (χ0) is 24.6. The average molecular weight is 493 g/mol. The van der Waals surface area contributed by atoms with E-state index in [0.717, 1.165) is 49.5 Å². The summed E-state index contributed by atoms with van der Waals surface area (Å²) in [7, 11) is 1.68. The van der Waals surface area contributed by atoms with Gasteiger partial charge in [-0.1, -0.05) is 23.7 Å². The number of nitrogen functional groups attached to an aromatic ring is 1. The third-order valence-electron chi connectivity index (χ3n) is 7.32. The summed E-state index contributed by atoms with van der Waals surface area (Å²) in [6.07, 6.45) is 9.78. The normalized spacial score (nSPS) is 18.9. The smallest absolute Gasteiger partial charge is 0.152 e. The van der Waals surface area contributed by atoms with Gasteiger partial charge in [0.2, 0.25) is 0 Å². The standard InChI is InChI=1S/C26H29ClN6O2/c1-35-19-5-3-17-13-26(23(28)20(17)12-19)7-10-33(11-8-26)25-21(15-34)32-18(14-31-25)4-2-16-6-9-30-24(29)22(16)27/h2-6,9,12,14,23,34H,7-8,10-11,13,15,28H2,1H3,(H2,29,30). The van der Waals surface area contributed by atoms with Crippen molar-refractivity contribution in [1.82, 2.24) is 15.0 Å². The molecule has 2 aliphatic rings. The van der Waals surface area contributed by atoms with Crippen LogP contribution in [0.15, 0.2) is 36.7 Å². The molecule has 0 bridgehead atoms. The first-order valence-corrected chi connectivity index (χ1v) is 12.0. The zero-order valence-corrected chi connectivity index (χ0v) is 20.4. The lowest BCUT2D eigenvalue weighted by Crippen LogP contribution is -2.45. The molecule has 35 heavy (non-hydrogen) atoms. The van der Waals surface area contributed by atoms with E-state index >= 15 is 0 Å². The van der Waals surface area contributed by atoms with Gasteiger partial charge in [0, 0.05) is 25.3 Å². The van der Waals surface area contributed by atoms with Gasteiger partial charge in [-0.15, -0.1) is 0 Å². The van der Waals surface area contributed by atoms with Crippen molar-refractivity contribution in [1.29, 1.82) is 0 Å². The Morgan fingerprint density at radius 1 is 1.23 bits per heavy atom. The van der Waals surface area contributed by atoms with Crippen LogP contribution in [0.4, 0.5) is 11.6 Å². The number of hydrogen-bond donors (Lipinski definition) is 3. The first-order valence-electron chi connectivity index (χ1n) is 11.7. The lowest BCUT2D eigenvalue weighted by atomic mass is 9.73. The summed E-state index contributed by atoms with van der Waals surface area (Å²) in [4.78, 5) is 15.4. The molecule has 5 rings (SSSR count). The van der Waals surface area contributed by atoms with Crippen molar-refractivity contribution >= 4 is 35.4 Å². The van der Waals surface area contributed by atoms with Crippen molar-refractivity contribution < 1.29 is 9.84 Å².